The van der Waals surface area contributed by atoms with Gasteiger partial charge in [0.05, 0.1) is 31.7 Å². The first-order valence-corrected chi connectivity index (χ1v) is 8.68. The number of anilines is 1. The monoisotopic (exact) mass is 384 g/mol. The fraction of sp³-hybridized carbons (Fsp3) is 0.250. The Balaban J connectivity index is 2.51. The Morgan fingerprint density at radius 1 is 1.23 bits per heavy atom. The molecule has 0 spiro atoms. The van der Waals surface area contributed by atoms with Crippen LogP contribution in [0.25, 0.3) is 0 Å². The summed E-state index contributed by atoms with van der Waals surface area (Å²) >= 11 is 0. The molecule has 140 valence electrons. The third kappa shape index (κ3) is 3.85. The molecular weight excluding hydrogens is 367 g/mol. The van der Waals surface area contributed by atoms with Crippen LogP contribution in [0.4, 0.5) is 10.1 Å². The van der Waals surface area contributed by atoms with Gasteiger partial charge in [-0.2, -0.15) is 0 Å². The fourth-order valence-electron chi connectivity index (χ4n) is 2.11. The van der Waals surface area contributed by atoms with E-state index < -0.39 is 22.9 Å². The number of halogens is 1. The lowest BCUT2D eigenvalue weighted by Gasteiger charge is -2.21. The maximum Gasteiger partial charge on any atom is 0.339 e. The molecule has 0 aliphatic rings. The molecule has 0 fully saturated rings. The number of rotatable bonds is 7. The topological polar surface area (TPSA) is 95.0 Å². The lowest BCUT2D eigenvalue weighted by Crippen LogP contribution is -2.27. The third-order valence-electron chi connectivity index (χ3n) is 3.51. The predicted octanol–water partition coefficient (Wildman–Crippen LogP) is 2.01. The summed E-state index contributed by atoms with van der Waals surface area (Å²) < 4.78 is 53.8. The van der Waals surface area contributed by atoms with Crippen molar-refractivity contribution >= 4 is 21.7 Å². The summed E-state index contributed by atoms with van der Waals surface area (Å²) in [6.07, 6.45) is 2.51. The molecule has 2 aromatic rings. The van der Waals surface area contributed by atoms with Crippen molar-refractivity contribution in [2.45, 2.75) is 4.90 Å². The van der Waals surface area contributed by atoms with E-state index in [2.05, 4.69) is 9.72 Å². The molecule has 0 amide bonds. The number of ether oxygens (including phenoxy) is 3. The summed E-state index contributed by atoms with van der Waals surface area (Å²) in [6, 6.07) is 5.27. The minimum atomic E-state index is -4.16. The molecule has 2 rings (SSSR count). The highest BCUT2D eigenvalue weighted by Gasteiger charge is 2.27. The molecule has 1 aromatic heterocycles. The van der Waals surface area contributed by atoms with Crippen LogP contribution >= 0.6 is 0 Å². The lowest BCUT2D eigenvalue weighted by molar-refractivity contribution is 0.0600. The highest BCUT2D eigenvalue weighted by molar-refractivity contribution is 7.92. The average Bonchev–Trinajstić information content (AvgIpc) is 2.67. The Hall–Kier alpha value is -2.88. The van der Waals surface area contributed by atoms with E-state index in [1.807, 2.05) is 0 Å². The Kier molecular flexibility index (Phi) is 5.98. The third-order valence-corrected chi connectivity index (χ3v) is 5.31. The summed E-state index contributed by atoms with van der Waals surface area (Å²) in [5, 5.41) is 0. The van der Waals surface area contributed by atoms with Gasteiger partial charge in [-0.25, -0.2) is 17.6 Å². The summed E-state index contributed by atoms with van der Waals surface area (Å²) in [5.74, 6) is -0.574. The van der Waals surface area contributed by atoms with Crippen LogP contribution in [0.15, 0.2) is 41.6 Å². The van der Waals surface area contributed by atoms with E-state index in [9.17, 15) is 17.6 Å². The SMILES string of the molecule is COC(=O)c1cncc(N(C)S(=O)(=O)c2cc(OC)ccc2OCF)c1. The molecule has 0 radical (unpaired) electrons. The molecule has 26 heavy (non-hydrogen) atoms. The number of alkyl halides is 1. The minimum absolute atomic E-state index is 0.0814. The first-order chi connectivity index (χ1) is 12.3. The standard InChI is InChI=1S/C16H17FN2O6S/c1-19(12-6-11(8-18-9-12)16(20)24-3)26(21,22)15-7-13(23-2)4-5-14(15)25-10-17/h4-9H,10H2,1-3H3. The highest BCUT2D eigenvalue weighted by Crippen LogP contribution is 2.32. The predicted molar refractivity (Wildman–Crippen MR) is 90.8 cm³/mol. The molecule has 0 aliphatic carbocycles. The van der Waals surface area contributed by atoms with Gasteiger partial charge in [-0.3, -0.25) is 9.29 Å². The number of nitrogens with zero attached hydrogens (tertiary/aromatic N) is 2. The Morgan fingerprint density at radius 2 is 1.96 bits per heavy atom. The second-order valence-electron chi connectivity index (χ2n) is 4.96. The first-order valence-electron chi connectivity index (χ1n) is 7.24. The number of benzene rings is 1. The second-order valence-corrected chi connectivity index (χ2v) is 6.90. The number of methoxy groups -OCH3 is 2. The number of hydrogen-bond acceptors (Lipinski definition) is 7. The van der Waals surface area contributed by atoms with Crippen molar-refractivity contribution in [2.24, 2.45) is 0 Å². The fourth-order valence-corrected chi connectivity index (χ4v) is 3.43. The summed E-state index contributed by atoms with van der Waals surface area (Å²) in [5.41, 5.74) is 0.194. The number of carbonyl (C=O) groups is 1. The average molecular weight is 384 g/mol. The van der Waals surface area contributed by atoms with Gasteiger partial charge in [0.15, 0.2) is 0 Å². The van der Waals surface area contributed by atoms with Crippen LogP contribution in [0, 0.1) is 0 Å². The van der Waals surface area contributed by atoms with Crippen LogP contribution in [0.3, 0.4) is 0 Å². The van der Waals surface area contributed by atoms with Crippen LogP contribution in [0.2, 0.25) is 0 Å². The van der Waals surface area contributed by atoms with Gasteiger partial charge >= 0.3 is 5.97 Å². The van der Waals surface area contributed by atoms with Crippen LogP contribution in [-0.2, 0) is 14.8 Å². The van der Waals surface area contributed by atoms with Gasteiger partial charge in [-0.05, 0) is 18.2 Å². The molecule has 0 saturated heterocycles. The van der Waals surface area contributed by atoms with Crippen molar-refractivity contribution in [3.8, 4) is 11.5 Å². The van der Waals surface area contributed by atoms with Crippen molar-refractivity contribution in [3.05, 3.63) is 42.2 Å². The zero-order valence-electron chi connectivity index (χ0n) is 14.3. The van der Waals surface area contributed by atoms with Crippen LogP contribution < -0.4 is 13.8 Å². The van der Waals surface area contributed by atoms with Gasteiger partial charge in [0.1, 0.15) is 16.4 Å². The number of hydrogen-bond donors (Lipinski definition) is 0. The largest absolute Gasteiger partial charge is 0.497 e. The van der Waals surface area contributed by atoms with E-state index in [1.54, 1.807) is 0 Å². The number of carbonyl (C=O) groups excluding carboxylic acids is 1. The number of esters is 1. The molecule has 1 aromatic carbocycles. The van der Waals surface area contributed by atoms with Gasteiger partial charge in [0.25, 0.3) is 10.0 Å². The van der Waals surface area contributed by atoms with Crippen molar-refractivity contribution in [2.75, 3.05) is 32.4 Å². The molecule has 0 saturated carbocycles. The Labute approximate surface area is 150 Å². The van der Waals surface area contributed by atoms with Gasteiger partial charge in [0, 0.05) is 19.3 Å². The maximum atomic E-state index is 13.0. The van der Waals surface area contributed by atoms with Crippen molar-refractivity contribution in [1.82, 2.24) is 4.98 Å². The maximum absolute atomic E-state index is 13.0. The second kappa shape index (κ2) is 8.00. The van der Waals surface area contributed by atoms with Crippen LogP contribution in [-0.4, -0.2) is 47.5 Å². The molecule has 0 atom stereocenters. The van der Waals surface area contributed by atoms with E-state index in [-0.39, 0.29) is 27.6 Å². The van der Waals surface area contributed by atoms with Crippen LogP contribution in [0.5, 0.6) is 11.5 Å². The van der Waals surface area contributed by atoms with Crippen LogP contribution in [0.1, 0.15) is 10.4 Å². The number of aromatic nitrogens is 1. The number of pyridine rings is 1. The quantitative estimate of drug-likeness (QED) is 0.674. The van der Waals surface area contributed by atoms with Gasteiger partial charge < -0.3 is 14.2 Å². The van der Waals surface area contributed by atoms with Crippen molar-refractivity contribution in [3.63, 3.8) is 0 Å². The lowest BCUT2D eigenvalue weighted by atomic mass is 10.2. The minimum Gasteiger partial charge on any atom is -0.497 e. The molecule has 0 aliphatic heterocycles. The normalized spacial score (nSPS) is 10.9. The molecule has 0 unspecified atom stereocenters. The highest BCUT2D eigenvalue weighted by atomic mass is 32.2. The molecular formula is C16H17FN2O6S. The van der Waals surface area contributed by atoms with E-state index in [1.165, 1.54) is 57.9 Å². The molecule has 1 heterocycles. The van der Waals surface area contributed by atoms with Gasteiger partial charge in [0.2, 0.25) is 6.86 Å². The smallest absolute Gasteiger partial charge is 0.339 e. The van der Waals surface area contributed by atoms with E-state index in [4.69, 9.17) is 9.47 Å². The molecule has 10 heteroatoms. The van der Waals surface area contributed by atoms with E-state index in [0.29, 0.717) is 0 Å². The summed E-state index contributed by atoms with van der Waals surface area (Å²) in [4.78, 5) is 15.2. The van der Waals surface area contributed by atoms with Crippen molar-refractivity contribution < 1.29 is 31.8 Å². The zero-order chi connectivity index (χ0) is 19.3. The van der Waals surface area contributed by atoms with E-state index in [0.717, 1.165) is 4.31 Å². The number of sulfonamides is 1. The molecule has 0 N–H and O–H groups in total. The van der Waals surface area contributed by atoms with E-state index >= 15 is 0 Å². The van der Waals surface area contributed by atoms with Gasteiger partial charge in [-0.15, -0.1) is 0 Å². The molecule has 8 nitrogen and oxygen atoms in total. The van der Waals surface area contributed by atoms with Crippen molar-refractivity contribution in [1.29, 1.82) is 0 Å². The molecule has 0 bridgehead atoms. The van der Waals surface area contributed by atoms with Gasteiger partial charge in [-0.1, -0.05) is 0 Å². The Morgan fingerprint density at radius 3 is 2.58 bits per heavy atom. The summed E-state index contributed by atoms with van der Waals surface area (Å²) in [6.45, 7) is -1.20. The Bertz CT molecular complexity index is 903. The zero-order valence-corrected chi connectivity index (χ0v) is 15.1. The summed E-state index contributed by atoms with van der Waals surface area (Å²) in [7, 11) is -0.317. The first kappa shape index (κ1) is 19.4.